The summed E-state index contributed by atoms with van der Waals surface area (Å²) in [5.74, 6) is -0.0645. The molecule has 4 nitrogen and oxygen atoms in total. The molecule has 0 aliphatic heterocycles. The Morgan fingerprint density at radius 3 is 2.65 bits per heavy atom. The van der Waals surface area contributed by atoms with Crippen LogP contribution in [-0.2, 0) is 15.6 Å². The van der Waals surface area contributed by atoms with Gasteiger partial charge in [0.15, 0.2) is 9.84 Å². The molecule has 0 saturated heterocycles. The molecule has 2 heterocycles. The molecular weight excluding hydrogens is 340 g/mol. The molecule has 0 unspecified atom stereocenters. The number of benzene rings is 1. The van der Waals surface area contributed by atoms with Gasteiger partial charge in [0.05, 0.1) is 10.6 Å². The van der Waals surface area contributed by atoms with Crippen LogP contribution in [0.2, 0.25) is 0 Å². The molecule has 102 valence electrons. The van der Waals surface area contributed by atoms with Gasteiger partial charge in [-0.3, -0.25) is 0 Å². The number of aromatic nitrogens is 2. The largest absolute Gasteiger partial charge is 0.342 e. The predicted molar refractivity (Wildman–Crippen MR) is 81.1 cm³/mol. The highest BCUT2D eigenvalue weighted by atomic mass is 79.9. The average molecular weight is 351 g/mol. The summed E-state index contributed by atoms with van der Waals surface area (Å²) in [6.45, 7) is 0. The summed E-state index contributed by atoms with van der Waals surface area (Å²) in [5.41, 5.74) is 1.32. The van der Waals surface area contributed by atoms with Crippen molar-refractivity contribution in [2.24, 2.45) is 0 Å². The summed E-state index contributed by atoms with van der Waals surface area (Å²) in [5, 5.41) is 0.887. The van der Waals surface area contributed by atoms with E-state index in [1.54, 1.807) is 36.5 Å². The standard InChI is InChI=1S/C14H11BrN2O2S/c15-11-6-10-7-12(17-14(10)16-8-11)9-20(18,19)13-4-2-1-3-5-13/h1-8H,9H2,(H,16,17). The molecule has 1 aromatic carbocycles. The van der Waals surface area contributed by atoms with E-state index >= 15 is 0 Å². The van der Waals surface area contributed by atoms with Crippen molar-refractivity contribution in [2.45, 2.75) is 10.6 Å². The first-order valence-corrected chi connectivity index (χ1v) is 8.40. The molecule has 2 aromatic heterocycles. The molecule has 0 aliphatic carbocycles. The van der Waals surface area contributed by atoms with Gasteiger partial charge in [-0.2, -0.15) is 0 Å². The zero-order valence-electron chi connectivity index (χ0n) is 10.4. The maximum absolute atomic E-state index is 12.3. The molecule has 0 atom stereocenters. The predicted octanol–water partition coefficient (Wildman–Crippen LogP) is 3.30. The van der Waals surface area contributed by atoms with E-state index in [1.165, 1.54) is 0 Å². The van der Waals surface area contributed by atoms with Crippen molar-refractivity contribution in [1.82, 2.24) is 9.97 Å². The number of rotatable bonds is 3. The van der Waals surface area contributed by atoms with Gasteiger partial charge in [-0.1, -0.05) is 18.2 Å². The van der Waals surface area contributed by atoms with Crippen molar-refractivity contribution < 1.29 is 8.42 Å². The van der Waals surface area contributed by atoms with Crippen molar-refractivity contribution in [2.75, 3.05) is 0 Å². The Kier molecular flexibility index (Phi) is 3.35. The van der Waals surface area contributed by atoms with Gasteiger partial charge < -0.3 is 4.98 Å². The number of nitrogens with one attached hydrogen (secondary N) is 1. The number of H-pyrrole nitrogens is 1. The van der Waals surface area contributed by atoms with Crippen LogP contribution in [0.5, 0.6) is 0 Å². The average Bonchev–Trinajstić information content (AvgIpc) is 2.80. The molecule has 20 heavy (non-hydrogen) atoms. The molecule has 1 N–H and O–H groups in total. The second-order valence-electron chi connectivity index (χ2n) is 4.46. The van der Waals surface area contributed by atoms with Crippen molar-refractivity contribution >= 4 is 36.8 Å². The summed E-state index contributed by atoms with van der Waals surface area (Å²) < 4.78 is 25.5. The van der Waals surface area contributed by atoms with Gasteiger partial charge in [-0.05, 0) is 40.2 Å². The minimum atomic E-state index is -3.34. The molecule has 6 heteroatoms. The summed E-state index contributed by atoms with van der Waals surface area (Å²) >= 11 is 3.35. The fourth-order valence-corrected chi connectivity index (χ4v) is 3.69. The van der Waals surface area contributed by atoms with Crippen molar-refractivity contribution in [1.29, 1.82) is 0 Å². The van der Waals surface area contributed by atoms with E-state index < -0.39 is 9.84 Å². The fraction of sp³-hybridized carbons (Fsp3) is 0.0714. The second kappa shape index (κ2) is 5.03. The summed E-state index contributed by atoms with van der Waals surface area (Å²) in [6.07, 6.45) is 1.67. The highest BCUT2D eigenvalue weighted by Gasteiger charge is 2.16. The van der Waals surface area contributed by atoms with E-state index in [4.69, 9.17) is 0 Å². The van der Waals surface area contributed by atoms with Crippen molar-refractivity contribution in [3.05, 3.63) is 58.8 Å². The highest BCUT2D eigenvalue weighted by Crippen LogP contribution is 2.21. The van der Waals surface area contributed by atoms with Crippen LogP contribution in [0.4, 0.5) is 0 Å². The SMILES string of the molecule is O=S(=O)(Cc1cc2cc(Br)cnc2[nH]1)c1ccccc1. The van der Waals surface area contributed by atoms with Gasteiger partial charge in [0.2, 0.25) is 0 Å². The molecule has 0 fully saturated rings. The lowest BCUT2D eigenvalue weighted by molar-refractivity contribution is 0.595. The smallest absolute Gasteiger partial charge is 0.183 e. The van der Waals surface area contributed by atoms with E-state index in [0.29, 0.717) is 16.2 Å². The quantitative estimate of drug-likeness (QED) is 0.788. The number of nitrogens with zero attached hydrogens (tertiary/aromatic N) is 1. The Labute approximate surface area is 124 Å². The lowest BCUT2D eigenvalue weighted by Gasteiger charge is -2.02. The second-order valence-corrected chi connectivity index (χ2v) is 7.36. The lowest BCUT2D eigenvalue weighted by Crippen LogP contribution is -2.04. The van der Waals surface area contributed by atoms with E-state index in [0.717, 1.165) is 9.86 Å². The van der Waals surface area contributed by atoms with Crippen molar-refractivity contribution in [3.63, 3.8) is 0 Å². The number of pyridine rings is 1. The van der Waals surface area contributed by atoms with Crippen LogP contribution in [0, 0.1) is 0 Å². The third-order valence-corrected chi connectivity index (χ3v) is 5.06. The molecule has 3 aromatic rings. The van der Waals surface area contributed by atoms with Gasteiger partial charge in [0, 0.05) is 21.7 Å². The highest BCUT2D eigenvalue weighted by molar-refractivity contribution is 9.10. The Morgan fingerprint density at radius 2 is 1.90 bits per heavy atom. The molecular formula is C14H11BrN2O2S. The number of halogens is 1. The minimum absolute atomic E-state index is 0.0645. The first-order chi connectivity index (χ1) is 9.54. The van der Waals surface area contributed by atoms with Crippen LogP contribution >= 0.6 is 15.9 Å². The van der Waals surface area contributed by atoms with Gasteiger partial charge in [-0.25, -0.2) is 13.4 Å². The summed E-state index contributed by atoms with van der Waals surface area (Å²) in [6, 6.07) is 12.2. The van der Waals surface area contributed by atoms with Crippen LogP contribution in [0.1, 0.15) is 5.69 Å². The Balaban J connectivity index is 1.97. The van der Waals surface area contributed by atoms with Crippen LogP contribution in [0.25, 0.3) is 11.0 Å². The van der Waals surface area contributed by atoms with Crippen LogP contribution in [0.15, 0.2) is 58.0 Å². The first-order valence-electron chi connectivity index (χ1n) is 5.95. The number of aromatic amines is 1. The zero-order chi connectivity index (χ0) is 14.2. The van der Waals surface area contributed by atoms with E-state index in [1.807, 2.05) is 12.1 Å². The van der Waals surface area contributed by atoms with E-state index in [-0.39, 0.29) is 5.75 Å². The zero-order valence-corrected chi connectivity index (χ0v) is 12.8. The third kappa shape index (κ3) is 2.62. The lowest BCUT2D eigenvalue weighted by atomic mass is 10.3. The molecule has 0 amide bonds. The normalized spacial score (nSPS) is 11.8. The topological polar surface area (TPSA) is 62.8 Å². The van der Waals surface area contributed by atoms with Gasteiger partial charge in [-0.15, -0.1) is 0 Å². The summed E-state index contributed by atoms with van der Waals surface area (Å²) in [7, 11) is -3.34. The molecule has 0 spiro atoms. The number of fused-ring (bicyclic) bond motifs is 1. The van der Waals surface area contributed by atoms with Crippen LogP contribution < -0.4 is 0 Å². The fourth-order valence-electron chi connectivity index (χ4n) is 2.04. The molecule has 0 radical (unpaired) electrons. The van der Waals surface area contributed by atoms with Crippen LogP contribution in [0.3, 0.4) is 0 Å². The molecule has 0 aliphatic rings. The Hall–Kier alpha value is -1.66. The van der Waals surface area contributed by atoms with E-state index in [2.05, 4.69) is 25.9 Å². The van der Waals surface area contributed by atoms with Gasteiger partial charge >= 0.3 is 0 Å². The number of sulfone groups is 1. The minimum Gasteiger partial charge on any atom is -0.342 e. The Morgan fingerprint density at radius 1 is 1.15 bits per heavy atom. The molecule has 0 bridgehead atoms. The maximum atomic E-state index is 12.3. The summed E-state index contributed by atoms with van der Waals surface area (Å²) in [4.78, 5) is 7.57. The molecule has 0 saturated carbocycles. The monoisotopic (exact) mass is 350 g/mol. The Bertz CT molecular complexity index is 857. The van der Waals surface area contributed by atoms with Gasteiger partial charge in [0.25, 0.3) is 0 Å². The first kappa shape index (κ1) is 13.3. The maximum Gasteiger partial charge on any atom is 0.183 e. The molecule has 3 rings (SSSR count). The van der Waals surface area contributed by atoms with Crippen LogP contribution in [-0.4, -0.2) is 18.4 Å². The van der Waals surface area contributed by atoms with E-state index in [9.17, 15) is 8.42 Å². The third-order valence-electron chi connectivity index (χ3n) is 2.94. The number of hydrogen-bond donors (Lipinski definition) is 1. The van der Waals surface area contributed by atoms with Gasteiger partial charge in [0.1, 0.15) is 5.65 Å². The van der Waals surface area contributed by atoms with Crippen molar-refractivity contribution in [3.8, 4) is 0 Å². The number of hydrogen-bond acceptors (Lipinski definition) is 3.